The predicted octanol–water partition coefficient (Wildman–Crippen LogP) is 4.89. The molecule has 0 aliphatic carbocycles. The molecule has 0 aliphatic heterocycles. The average molecular weight is 481 g/mol. The van der Waals surface area contributed by atoms with Gasteiger partial charge in [0.25, 0.3) is 0 Å². The van der Waals surface area contributed by atoms with Crippen molar-refractivity contribution < 1.29 is 19.1 Å². The average Bonchev–Trinajstić information content (AvgIpc) is 2.80. The van der Waals surface area contributed by atoms with E-state index in [-0.39, 0.29) is 24.8 Å². The van der Waals surface area contributed by atoms with Gasteiger partial charge in [0.15, 0.2) is 11.5 Å². The van der Waals surface area contributed by atoms with E-state index in [2.05, 4.69) is 5.32 Å². The summed E-state index contributed by atoms with van der Waals surface area (Å²) < 4.78 is 10.6. The topological polar surface area (TPSA) is 67.9 Å². The van der Waals surface area contributed by atoms with Crippen molar-refractivity contribution in [3.8, 4) is 11.5 Å². The first-order valence-corrected chi connectivity index (χ1v) is 11.3. The highest BCUT2D eigenvalue weighted by molar-refractivity contribution is 6.42. The lowest BCUT2D eigenvalue weighted by atomic mass is 10.1. The summed E-state index contributed by atoms with van der Waals surface area (Å²) in [6.07, 6.45) is 1.56. The molecule has 2 rings (SSSR count). The summed E-state index contributed by atoms with van der Waals surface area (Å²) in [6, 6.07) is 10.1. The number of hydrogen-bond donors (Lipinski definition) is 1. The predicted molar refractivity (Wildman–Crippen MR) is 128 cm³/mol. The van der Waals surface area contributed by atoms with Crippen molar-refractivity contribution in [2.45, 2.75) is 45.7 Å². The summed E-state index contributed by atoms with van der Waals surface area (Å²) in [5.41, 5.74) is 1.74. The summed E-state index contributed by atoms with van der Waals surface area (Å²) in [5.74, 6) is 0.916. The van der Waals surface area contributed by atoms with Gasteiger partial charge in [-0.25, -0.2) is 0 Å². The fourth-order valence-electron chi connectivity index (χ4n) is 3.24. The number of nitrogens with zero attached hydrogens (tertiary/aromatic N) is 1. The molecule has 32 heavy (non-hydrogen) atoms. The number of carbonyl (C=O) groups is 2. The normalized spacial score (nSPS) is 11.6. The Bertz CT molecular complexity index is 936. The number of carbonyl (C=O) groups excluding carboxylic acids is 2. The molecule has 0 spiro atoms. The molecule has 8 heteroatoms. The number of nitrogens with one attached hydrogen (secondary N) is 1. The van der Waals surface area contributed by atoms with Crippen molar-refractivity contribution >= 4 is 35.0 Å². The van der Waals surface area contributed by atoms with Crippen molar-refractivity contribution in [3.05, 3.63) is 57.6 Å². The zero-order valence-electron chi connectivity index (χ0n) is 18.9. The van der Waals surface area contributed by atoms with E-state index in [0.29, 0.717) is 34.5 Å². The maximum absolute atomic E-state index is 13.2. The monoisotopic (exact) mass is 480 g/mol. The van der Waals surface area contributed by atoms with Gasteiger partial charge in [-0.15, -0.1) is 0 Å². The van der Waals surface area contributed by atoms with E-state index >= 15 is 0 Å². The molecular weight excluding hydrogens is 451 g/mol. The summed E-state index contributed by atoms with van der Waals surface area (Å²) in [6.45, 7) is 4.52. The standard InChI is InChI=1S/C24H30Cl2N2O4/c1-5-12-27-24(30)16(2)28(15-18-6-9-19(25)20(26)13-18)23(29)11-8-17-7-10-21(31-3)22(14-17)32-4/h6-7,9-10,13-14,16H,5,8,11-12,15H2,1-4H3,(H,27,30)/t16-/m1/s1. The van der Waals surface area contributed by atoms with Gasteiger partial charge in [0.1, 0.15) is 6.04 Å². The Balaban J connectivity index is 2.18. The first-order chi connectivity index (χ1) is 15.3. The van der Waals surface area contributed by atoms with Crippen LogP contribution >= 0.6 is 23.2 Å². The lowest BCUT2D eigenvalue weighted by molar-refractivity contribution is -0.140. The molecule has 0 bridgehead atoms. The van der Waals surface area contributed by atoms with Crippen molar-refractivity contribution in [1.29, 1.82) is 0 Å². The number of rotatable bonds is 11. The summed E-state index contributed by atoms with van der Waals surface area (Å²) in [7, 11) is 3.15. The Kier molecular flexibility index (Phi) is 10.1. The number of methoxy groups -OCH3 is 2. The first kappa shape index (κ1) is 25.8. The number of halogens is 2. The Morgan fingerprint density at radius 2 is 1.69 bits per heavy atom. The fourth-order valence-corrected chi connectivity index (χ4v) is 3.56. The second-order valence-electron chi connectivity index (χ2n) is 7.43. The minimum Gasteiger partial charge on any atom is -0.493 e. The summed E-state index contributed by atoms with van der Waals surface area (Å²) >= 11 is 12.2. The van der Waals surface area contributed by atoms with Crippen LogP contribution in [0.3, 0.4) is 0 Å². The van der Waals surface area contributed by atoms with E-state index in [9.17, 15) is 9.59 Å². The van der Waals surface area contributed by atoms with E-state index in [0.717, 1.165) is 17.5 Å². The number of aryl methyl sites for hydroxylation is 1. The van der Waals surface area contributed by atoms with Gasteiger partial charge in [0.05, 0.1) is 24.3 Å². The van der Waals surface area contributed by atoms with Crippen LogP contribution in [0.25, 0.3) is 0 Å². The van der Waals surface area contributed by atoms with Crippen molar-refractivity contribution in [1.82, 2.24) is 10.2 Å². The summed E-state index contributed by atoms with van der Waals surface area (Å²) in [4.78, 5) is 27.4. The maximum atomic E-state index is 13.2. The van der Waals surface area contributed by atoms with E-state index in [1.165, 1.54) is 0 Å². The third kappa shape index (κ3) is 7.04. The van der Waals surface area contributed by atoms with Crippen LogP contribution in [0.5, 0.6) is 11.5 Å². The first-order valence-electron chi connectivity index (χ1n) is 10.5. The van der Waals surface area contributed by atoms with E-state index in [1.807, 2.05) is 25.1 Å². The Morgan fingerprint density at radius 3 is 2.31 bits per heavy atom. The Hall–Kier alpha value is -2.44. The smallest absolute Gasteiger partial charge is 0.242 e. The molecule has 0 unspecified atom stereocenters. The molecule has 6 nitrogen and oxygen atoms in total. The molecule has 0 fully saturated rings. The molecule has 0 radical (unpaired) electrons. The van der Waals surface area contributed by atoms with Gasteiger partial charge in [-0.05, 0) is 55.2 Å². The molecule has 2 aromatic carbocycles. The largest absolute Gasteiger partial charge is 0.493 e. The number of benzene rings is 2. The zero-order chi connectivity index (χ0) is 23.7. The van der Waals surface area contributed by atoms with Gasteiger partial charge in [0, 0.05) is 19.5 Å². The molecule has 0 saturated heterocycles. The molecule has 2 aromatic rings. The van der Waals surface area contributed by atoms with Crippen LogP contribution in [0.1, 0.15) is 37.8 Å². The molecule has 2 amide bonds. The molecule has 0 aromatic heterocycles. The molecule has 1 N–H and O–H groups in total. The highest BCUT2D eigenvalue weighted by Crippen LogP contribution is 2.28. The van der Waals surface area contributed by atoms with Crippen LogP contribution in [0.15, 0.2) is 36.4 Å². The maximum Gasteiger partial charge on any atom is 0.242 e. The molecule has 174 valence electrons. The van der Waals surface area contributed by atoms with Gasteiger partial charge < -0.3 is 19.7 Å². The van der Waals surface area contributed by atoms with Gasteiger partial charge in [0.2, 0.25) is 11.8 Å². The summed E-state index contributed by atoms with van der Waals surface area (Å²) in [5, 5.41) is 3.71. The third-order valence-corrected chi connectivity index (χ3v) is 5.87. The van der Waals surface area contributed by atoms with Crippen molar-refractivity contribution in [2.75, 3.05) is 20.8 Å². The zero-order valence-corrected chi connectivity index (χ0v) is 20.4. The van der Waals surface area contributed by atoms with Gasteiger partial charge >= 0.3 is 0 Å². The van der Waals surface area contributed by atoms with Crippen molar-refractivity contribution in [2.24, 2.45) is 0 Å². The third-order valence-electron chi connectivity index (χ3n) is 5.13. The number of ether oxygens (including phenoxy) is 2. The molecule has 1 atom stereocenters. The number of amides is 2. The highest BCUT2D eigenvalue weighted by Gasteiger charge is 2.26. The Labute approximate surface area is 199 Å². The SMILES string of the molecule is CCCNC(=O)[C@@H](C)N(Cc1ccc(Cl)c(Cl)c1)C(=O)CCc1ccc(OC)c(OC)c1. The van der Waals surface area contributed by atoms with Crippen LogP contribution in [-0.4, -0.2) is 43.5 Å². The lowest BCUT2D eigenvalue weighted by Crippen LogP contribution is -2.47. The van der Waals surface area contributed by atoms with E-state index < -0.39 is 6.04 Å². The van der Waals surface area contributed by atoms with E-state index in [4.69, 9.17) is 32.7 Å². The van der Waals surface area contributed by atoms with Crippen LogP contribution in [0, 0.1) is 0 Å². The van der Waals surface area contributed by atoms with Crippen LogP contribution in [0.2, 0.25) is 10.0 Å². The second kappa shape index (κ2) is 12.6. The molecule has 0 aliphatic rings. The lowest BCUT2D eigenvalue weighted by Gasteiger charge is -2.29. The highest BCUT2D eigenvalue weighted by atomic mass is 35.5. The fraction of sp³-hybridized carbons (Fsp3) is 0.417. The van der Waals surface area contributed by atoms with Gasteiger partial charge in [-0.1, -0.05) is 42.3 Å². The Morgan fingerprint density at radius 1 is 1.00 bits per heavy atom. The molecular formula is C24H30Cl2N2O4. The minimum absolute atomic E-state index is 0.134. The molecule has 0 heterocycles. The van der Waals surface area contributed by atoms with Gasteiger partial charge in [-0.3, -0.25) is 9.59 Å². The van der Waals surface area contributed by atoms with Crippen LogP contribution < -0.4 is 14.8 Å². The minimum atomic E-state index is -0.631. The quantitative estimate of drug-likeness (QED) is 0.497. The second-order valence-corrected chi connectivity index (χ2v) is 8.24. The van der Waals surface area contributed by atoms with Crippen LogP contribution in [0.4, 0.5) is 0 Å². The van der Waals surface area contributed by atoms with E-state index in [1.54, 1.807) is 44.2 Å². The number of hydrogen-bond acceptors (Lipinski definition) is 4. The van der Waals surface area contributed by atoms with Crippen molar-refractivity contribution in [3.63, 3.8) is 0 Å². The molecule has 0 saturated carbocycles. The van der Waals surface area contributed by atoms with Crippen LogP contribution in [-0.2, 0) is 22.6 Å². The van der Waals surface area contributed by atoms with Gasteiger partial charge in [-0.2, -0.15) is 0 Å².